The molecule has 150 valence electrons. The van der Waals surface area contributed by atoms with Gasteiger partial charge in [0, 0.05) is 17.4 Å². The van der Waals surface area contributed by atoms with Crippen molar-refractivity contribution in [2.75, 3.05) is 11.1 Å². The molecule has 0 saturated heterocycles. The largest absolute Gasteiger partial charge is 0.457 e. The molecule has 0 aliphatic rings. The Labute approximate surface area is 163 Å². The maximum Gasteiger partial charge on any atom is 0.416 e. The Bertz CT molecular complexity index is 1050. The molecule has 5 nitrogen and oxygen atoms in total. The summed E-state index contributed by atoms with van der Waals surface area (Å²) in [4.78, 5) is 16.3. The zero-order chi connectivity index (χ0) is 21.2. The van der Waals surface area contributed by atoms with Crippen LogP contribution in [0.3, 0.4) is 0 Å². The molecule has 1 aromatic heterocycles. The van der Waals surface area contributed by atoms with E-state index in [1.807, 2.05) is 0 Å². The number of amides is 1. The topological polar surface area (TPSA) is 77.2 Å². The fraction of sp³-hybridized carbons (Fsp3) is 0.100. The summed E-state index contributed by atoms with van der Waals surface area (Å²) in [6.45, 7) is 1.74. The lowest BCUT2D eigenvalue weighted by molar-refractivity contribution is -0.137. The van der Waals surface area contributed by atoms with Crippen LogP contribution in [0.4, 0.5) is 29.1 Å². The molecule has 1 amide bonds. The standard InChI is InChI=1S/C20H15F4N3O2/c1-11-2-7-17(18(25)26-11)19(28)27-14-3-5-15(6-4-14)29-16-9-12(20(22,23)24)8-13(21)10-16/h2-10H,1H3,(H2,25,26)(H,27,28). The first-order valence-corrected chi connectivity index (χ1v) is 8.32. The van der Waals surface area contributed by atoms with Crippen molar-refractivity contribution in [1.29, 1.82) is 0 Å². The van der Waals surface area contributed by atoms with Crippen LogP contribution >= 0.6 is 0 Å². The van der Waals surface area contributed by atoms with E-state index in [2.05, 4.69) is 10.3 Å². The van der Waals surface area contributed by atoms with Crippen LogP contribution in [0.25, 0.3) is 0 Å². The molecule has 2 aromatic carbocycles. The third kappa shape index (κ3) is 5.01. The van der Waals surface area contributed by atoms with Gasteiger partial charge in [-0.05, 0) is 55.5 Å². The molecule has 0 aliphatic heterocycles. The van der Waals surface area contributed by atoms with Crippen molar-refractivity contribution in [2.45, 2.75) is 13.1 Å². The summed E-state index contributed by atoms with van der Waals surface area (Å²) in [5, 5.41) is 2.62. The molecule has 1 heterocycles. The Balaban J connectivity index is 1.72. The van der Waals surface area contributed by atoms with E-state index >= 15 is 0 Å². The minimum Gasteiger partial charge on any atom is -0.457 e. The van der Waals surface area contributed by atoms with Gasteiger partial charge in [0.1, 0.15) is 23.1 Å². The maximum absolute atomic E-state index is 13.4. The van der Waals surface area contributed by atoms with E-state index < -0.39 is 23.5 Å². The van der Waals surface area contributed by atoms with Crippen molar-refractivity contribution in [3.8, 4) is 11.5 Å². The highest BCUT2D eigenvalue weighted by Crippen LogP contribution is 2.34. The van der Waals surface area contributed by atoms with Crippen LogP contribution in [-0.2, 0) is 6.18 Å². The summed E-state index contributed by atoms with van der Waals surface area (Å²) >= 11 is 0. The van der Waals surface area contributed by atoms with Crippen LogP contribution in [0.5, 0.6) is 11.5 Å². The lowest BCUT2D eigenvalue weighted by atomic mass is 10.2. The number of hydrogen-bond donors (Lipinski definition) is 2. The zero-order valence-electron chi connectivity index (χ0n) is 15.0. The van der Waals surface area contributed by atoms with Crippen molar-refractivity contribution in [2.24, 2.45) is 0 Å². The Morgan fingerprint density at radius 3 is 2.34 bits per heavy atom. The van der Waals surface area contributed by atoms with Crippen LogP contribution in [-0.4, -0.2) is 10.9 Å². The highest BCUT2D eigenvalue weighted by atomic mass is 19.4. The summed E-state index contributed by atoms with van der Waals surface area (Å²) in [5.41, 5.74) is 5.86. The van der Waals surface area contributed by atoms with Crippen LogP contribution in [0.1, 0.15) is 21.6 Å². The molecule has 3 aromatic rings. The number of pyridine rings is 1. The number of nitrogens with one attached hydrogen (secondary N) is 1. The van der Waals surface area contributed by atoms with Crippen LogP contribution in [0.2, 0.25) is 0 Å². The van der Waals surface area contributed by atoms with Gasteiger partial charge in [0.05, 0.1) is 11.1 Å². The first-order chi connectivity index (χ1) is 13.6. The van der Waals surface area contributed by atoms with Crippen LogP contribution in [0, 0.1) is 12.7 Å². The molecule has 3 rings (SSSR count). The summed E-state index contributed by atoms with van der Waals surface area (Å²) < 4.78 is 57.1. The molecule has 0 radical (unpaired) electrons. The van der Waals surface area contributed by atoms with Gasteiger partial charge in [-0.2, -0.15) is 13.2 Å². The number of ether oxygens (including phenoxy) is 1. The van der Waals surface area contributed by atoms with Crippen molar-refractivity contribution in [1.82, 2.24) is 4.98 Å². The fourth-order valence-electron chi connectivity index (χ4n) is 2.49. The normalized spacial score (nSPS) is 11.2. The lowest BCUT2D eigenvalue weighted by Gasteiger charge is -2.11. The molecule has 0 unspecified atom stereocenters. The summed E-state index contributed by atoms with van der Waals surface area (Å²) in [6, 6.07) is 10.9. The molecule has 29 heavy (non-hydrogen) atoms. The molecule has 0 atom stereocenters. The first-order valence-electron chi connectivity index (χ1n) is 8.32. The molecule has 0 spiro atoms. The van der Waals surface area contributed by atoms with Crippen LogP contribution < -0.4 is 15.8 Å². The number of rotatable bonds is 4. The SMILES string of the molecule is Cc1ccc(C(=O)Nc2ccc(Oc3cc(F)cc(C(F)(F)F)c3)cc2)c(N)n1. The van der Waals surface area contributed by atoms with E-state index in [1.165, 1.54) is 24.3 Å². The fourth-order valence-corrected chi connectivity index (χ4v) is 2.49. The number of hydrogen-bond acceptors (Lipinski definition) is 4. The molecule has 0 saturated carbocycles. The van der Waals surface area contributed by atoms with Crippen molar-refractivity contribution >= 4 is 17.4 Å². The van der Waals surface area contributed by atoms with Gasteiger partial charge >= 0.3 is 6.18 Å². The second-order valence-corrected chi connectivity index (χ2v) is 6.14. The van der Waals surface area contributed by atoms with Gasteiger partial charge in [0.25, 0.3) is 5.91 Å². The monoisotopic (exact) mass is 405 g/mol. The summed E-state index contributed by atoms with van der Waals surface area (Å²) in [7, 11) is 0. The molecule has 9 heteroatoms. The minimum absolute atomic E-state index is 0.0917. The number of aryl methyl sites for hydroxylation is 1. The second kappa shape index (κ2) is 7.78. The predicted octanol–water partition coefficient (Wildman–Crippen LogP) is 5.17. The summed E-state index contributed by atoms with van der Waals surface area (Å²) in [5.74, 6) is -1.58. The number of halogens is 4. The number of nitrogens with zero attached hydrogens (tertiary/aromatic N) is 1. The van der Waals surface area contributed by atoms with Gasteiger partial charge in [-0.1, -0.05) is 0 Å². The Morgan fingerprint density at radius 2 is 1.72 bits per heavy atom. The number of benzene rings is 2. The first kappa shape index (κ1) is 20.1. The minimum atomic E-state index is -4.69. The number of aromatic nitrogens is 1. The highest BCUT2D eigenvalue weighted by Gasteiger charge is 2.31. The average molecular weight is 405 g/mol. The van der Waals surface area contributed by atoms with E-state index in [9.17, 15) is 22.4 Å². The van der Waals surface area contributed by atoms with E-state index in [-0.39, 0.29) is 22.9 Å². The lowest BCUT2D eigenvalue weighted by Crippen LogP contribution is -2.15. The van der Waals surface area contributed by atoms with Gasteiger partial charge < -0.3 is 15.8 Å². The van der Waals surface area contributed by atoms with Crippen molar-refractivity contribution < 1.29 is 27.1 Å². The number of anilines is 2. The number of nitrogen functional groups attached to an aromatic ring is 1. The molecular formula is C20H15F4N3O2. The summed E-state index contributed by atoms with van der Waals surface area (Å²) in [6.07, 6.45) is -4.69. The van der Waals surface area contributed by atoms with E-state index in [1.54, 1.807) is 19.1 Å². The van der Waals surface area contributed by atoms with E-state index in [0.29, 0.717) is 23.5 Å². The van der Waals surface area contributed by atoms with Gasteiger partial charge in [0.15, 0.2) is 0 Å². The number of carbonyl (C=O) groups excluding carboxylic acids is 1. The smallest absolute Gasteiger partial charge is 0.416 e. The molecule has 0 bridgehead atoms. The van der Waals surface area contributed by atoms with Gasteiger partial charge in [-0.3, -0.25) is 4.79 Å². The second-order valence-electron chi connectivity index (χ2n) is 6.14. The van der Waals surface area contributed by atoms with Gasteiger partial charge in [-0.25, -0.2) is 9.37 Å². The number of alkyl halides is 3. The zero-order valence-corrected chi connectivity index (χ0v) is 15.0. The predicted molar refractivity (Wildman–Crippen MR) is 99.3 cm³/mol. The molecular weight excluding hydrogens is 390 g/mol. The van der Waals surface area contributed by atoms with Gasteiger partial charge in [-0.15, -0.1) is 0 Å². The Hall–Kier alpha value is -3.62. The van der Waals surface area contributed by atoms with Crippen molar-refractivity contribution in [3.05, 3.63) is 77.2 Å². The molecule has 0 aliphatic carbocycles. The highest BCUT2D eigenvalue weighted by molar-refractivity contribution is 6.07. The number of nitrogens with two attached hydrogens (primary N) is 1. The Morgan fingerprint density at radius 1 is 1.03 bits per heavy atom. The Kier molecular flexibility index (Phi) is 5.40. The third-order valence-corrected chi connectivity index (χ3v) is 3.86. The van der Waals surface area contributed by atoms with E-state index in [4.69, 9.17) is 10.5 Å². The third-order valence-electron chi connectivity index (χ3n) is 3.86. The average Bonchev–Trinajstić information content (AvgIpc) is 2.62. The maximum atomic E-state index is 13.4. The van der Waals surface area contributed by atoms with E-state index in [0.717, 1.165) is 6.07 Å². The number of carbonyl (C=O) groups is 1. The molecule has 3 N–H and O–H groups in total. The van der Waals surface area contributed by atoms with Gasteiger partial charge in [0.2, 0.25) is 0 Å². The van der Waals surface area contributed by atoms with Crippen molar-refractivity contribution in [3.63, 3.8) is 0 Å². The van der Waals surface area contributed by atoms with Crippen LogP contribution in [0.15, 0.2) is 54.6 Å². The molecule has 0 fully saturated rings. The quantitative estimate of drug-likeness (QED) is 0.587.